The summed E-state index contributed by atoms with van der Waals surface area (Å²) in [5.41, 5.74) is 4.55. The van der Waals surface area contributed by atoms with Crippen molar-refractivity contribution in [3.63, 3.8) is 0 Å². The topological polar surface area (TPSA) is 12.0 Å². The van der Waals surface area contributed by atoms with Crippen molar-refractivity contribution in [1.29, 1.82) is 0 Å². The molecule has 2 fully saturated rings. The van der Waals surface area contributed by atoms with Crippen LogP contribution in [0.2, 0.25) is 0 Å². The van der Waals surface area contributed by atoms with Gasteiger partial charge in [0.25, 0.3) is 0 Å². The van der Waals surface area contributed by atoms with Crippen molar-refractivity contribution in [3.05, 3.63) is 41.0 Å². The number of benzene rings is 1. The van der Waals surface area contributed by atoms with Gasteiger partial charge in [0.1, 0.15) is 0 Å². The van der Waals surface area contributed by atoms with Crippen molar-refractivity contribution in [2.45, 2.75) is 57.8 Å². The molecule has 0 bridgehead atoms. The first-order valence-corrected chi connectivity index (χ1v) is 8.88. The fourth-order valence-corrected chi connectivity index (χ4v) is 3.55. The largest absolute Gasteiger partial charge is 0.313 e. The van der Waals surface area contributed by atoms with E-state index in [4.69, 9.17) is 0 Å². The second-order valence-corrected chi connectivity index (χ2v) is 6.78. The second kappa shape index (κ2) is 7.26. The molecule has 0 aromatic heterocycles. The zero-order chi connectivity index (χ0) is 14.5. The Labute approximate surface area is 129 Å². The summed E-state index contributed by atoms with van der Waals surface area (Å²) in [6.07, 6.45) is 12.3. The Hall–Kier alpha value is -1.08. The van der Waals surface area contributed by atoms with Crippen LogP contribution < -0.4 is 5.32 Å². The third-order valence-electron chi connectivity index (χ3n) is 5.05. The van der Waals surface area contributed by atoms with Gasteiger partial charge in [-0.1, -0.05) is 62.1 Å². The lowest BCUT2D eigenvalue weighted by molar-refractivity contribution is 0.397. The summed E-state index contributed by atoms with van der Waals surface area (Å²) in [6, 6.07) is 9.33. The van der Waals surface area contributed by atoms with Crippen LogP contribution in [-0.4, -0.2) is 13.1 Å². The minimum absolute atomic E-state index is 0.806. The van der Waals surface area contributed by atoms with Gasteiger partial charge in [0, 0.05) is 6.54 Å². The summed E-state index contributed by atoms with van der Waals surface area (Å²) >= 11 is 0. The van der Waals surface area contributed by atoms with Gasteiger partial charge in [-0.2, -0.15) is 0 Å². The number of likely N-dealkylation sites (N-methyl/N-ethyl adjacent to an activating group) is 1. The summed E-state index contributed by atoms with van der Waals surface area (Å²) in [7, 11) is 0. The van der Waals surface area contributed by atoms with Crippen molar-refractivity contribution in [3.8, 4) is 0 Å². The van der Waals surface area contributed by atoms with Crippen LogP contribution in [0, 0.1) is 5.92 Å². The lowest BCUT2D eigenvalue weighted by Gasteiger charge is -2.25. The minimum atomic E-state index is 0.806. The molecule has 1 nitrogen and oxygen atoms in total. The fourth-order valence-electron chi connectivity index (χ4n) is 3.55. The molecule has 1 heteroatoms. The molecular weight excluding hydrogens is 254 g/mol. The van der Waals surface area contributed by atoms with Gasteiger partial charge < -0.3 is 5.32 Å². The van der Waals surface area contributed by atoms with Gasteiger partial charge in [-0.15, -0.1) is 0 Å². The molecule has 0 radical (unpaired) electrons. The van der Waals surface area contributed by atoms with Gasteiger partial charge in [0.15, 0.2) is 0 Å². The zero-order valence-electron chi connectivity index (χ0n) is 13.4. The Morgan fingerprint density at radius 2 is 1.76 bits per heavy atom. The molecule has 21 heavy (non-hydrogen) atoms. The molecule has 0 amide bonds. The van der Waals surface area contributed by atoms with E-state index < -0.39 is 0 Å². The van der Waals surface area contributed by atoms with Crippen molar-refractivity contribution in [2.75, 3.05) is 13.1 Å². The van der Waals surface area contributed by atoms with E-state index in [1.807, 2.05) is 0 Å². The molecule has 0 unspecified atom stereocenters. The van der Waals surface area contributed by atoms with Crippen molar-refractivity contribution < 1.29 is 0 Å². The molecule has 2 aliphatic carbocycles. The lowest BCUT2D eigenvalue weighted by atomic mass is 9.83. The highest BCUT2D eigenvalue weighted by molar-refractivity contribution is 5.54. The van der Waals surface area contributed by atoms with Gasteiger partial charge in [-0.25, -0.2) is 0 Å². The highest BCUT2D eigenvalue weighted by atomic mass is 14.8. The van der Waals surface area contributed by atoms with Crippen LogP contribution in [0.5, 0.6) is 0 Å². The fraction of sp³-hybridized carbons (Fsp3) is 0.600. The van der Waals surface area contributed by atoms with E-state index in [-0.39, 0.29) is 0 Å². The maximum absolute atomic E-state index is 3.54. The highest BCUT2D eigenvalue weighted by Gasteiger charge is 2.23. The predicted molar refractivity (Wildman–Crippen MR) is 91.5 cm³/mol. The van der Waals surface area contributed by atoms with Crippen LogP contribution in [0.4, 0.5) is 0 Å². The Morgan fingerprint density at radius 3 is 2.38 bits per heavy atom. The maximum Gasteiger partial charge on any atom is 0.0170 e. The van der Waals surface area contributed by atoms with Crippen molar-refractivity contribution in [2.24, 2.45) is 5.92 Å². The molecule has 0 heterocycles. The van der Waals surface area contributed by atoms with E-state index in [1.165, 1.54) is 56.1 Å². The Morgan fingerprint density at radius 1 is 1.05 bits per heavy atom. The van der Waals surface area contributed by atoms with Gasteiger partial charge in [-0.3, -0.25) is 0 Å². The second-order valence-electron chi connectivity index (χ2n) is 6.78. The van der Waals surface area contributed by atoms with E-state index in [9.17, 15) is 0 Å². The summed E-state index contributed by atoms with van der Waals surface area (Å²) < 4.78 is 0. The molecule has 114 valence electrons. The predicted octanol–water partition coefficient (Wildman–Crippen LogP) is 5.14. The first-order valence-electron chi connectivity index (χ1n) is 8.88. The molecule has 1 aromatic rings. The van der Waals surface area contributed by atoms with Gasteiger partial charge in [0.05, 0.1) is 0 Å². The van der Waals surface area contributed by atoms with Gasteiger partial charge in [-0.05, 0) is 55.2 Å². The lowest BCUT2D eigenvalue weighted by Crippen LogP contribution is -2.22. The Balaban J connectivity index is 1.72. The van der Waals surface area contributed by atoms with Crippen LogP contribution in [-0.2, 0) is 0 Å². The number of hydrogen-bond donors (Lipinski definition) is 1. The van der Waals surface area contributed by atoms with Crippen molar-refractivity contribution >= 4 is 6.08 Å². The summed E-state index contributed by atoms with van der Waals surface area (Å²) in [5.74, 6) is 1.67. The monoisotopic (exact) mass is 283 g/mol. The van der Waals surface area contributed by atoms with E-state index in [1.54, 1.807) is 5.57 Å². The Kier molecular flexibility index (Phi) is 5.13. The quantitative estimate of drug-likeness (QED) is 0.762. The average molecular weight is 283 g/mol. The molecule has 0 atom stereocenters. The maximum atomic E-state index is 3.54. The SMILES string of the molecule is CCNC/C(=C/c1ccc(C2CC2)cc1)C1CCCCC1. The first-order chi connectivity index (χ1) is 10.4. The van der Waals surface area contributed by atoms with E-state index in [0.29, 0.717) is 0 Å². The molecule has 0 aliphatic heterocycles. The minimum Gasteiger partial charge on any atom is -0.313 e. The molecule has 0 saturated heterocycles. The van der Waals surface area contributed by atoms with E-state index >= 15 is 0 Å². The smallest absolute Gasteiger partial charge is 0.0170 e. The first kappa shape index (κ1) is 14.8. The molecule has 1 aromatic carbocycles. The van der Waals surface area contributed by atoms with Gasteiger partial charge >= 0.3 is 0 Å². The van der Waals surface area contributed by atoms with Crippen LogP contribution in [0.15, 0.2) is 29.8 Å². The van der Waals surface area contributed by atoms with Crippen molar-refractivity contribution in [1.82, 2.24) is 5.32 Å². The normalized spacial score (nSPS) is 20.7. The third-order valence-corrected chi connectivity index (χ3v) is 5.05. The average Bonchev–Trinajstić information content (AvgIpc) is 3.38. The highest BCUT2D eigenvalue weighted by Crippen LogP contribution is 2.40. The molecular formula is C20H29N. The zero-order valence-corrected chi connectivity index (χ0v) is 13.4. The number of nitrogens with one attached hydrogen (secondary N) is 1. The molecule has 3 rings (SSSR count). The van der Waals surface area contributed by atoms with E-state index in [2.05, 4.69) is 42.6 Å². The standard InChI is InChI=1S/C20H29N/c1-2-21-15-20(17-6-4-3-5-7-17)14-16-8-10-18(11-9-16)19-12-13-19/h8-11,14,17,19,21H,2-7,12-13,15H2,1H3/b20-14-. The summed E-state index contributed by atoms with van der Waals surface area (Å²) in [6.45, 7) is 4.32. The molecule has 1 N–H and O–H groups in total. The number of rotatable bonds is 6. The molecule has 0 spiro atoms. The summed E-state index contributed by atoms with van der Waals surface area (Å²) in [5, 5.41) is 3.54. The van der Waals surface area contributed by atoms with Gasteiger partial charge in [0.2, 0.25) is 0 Å². The number of hydrogen-bond acceptors (Lipinski definition) is 1. The summed E-state index contributed by atoms with van der Waals surface area (Å²) in [4.78, 5) is 0. The molecule has 2 saturated carbocycles. The molecule has 2 aliphatic rings. The van der Waals surface area contributed by atoms with E-state index in [0.717, 1.165) is 24.9 Å². The Bertz CT molecular complexity index is 461. The van der Waals surface area contributed by atoms with Crippen LogP contribution in [0.3, 0.4) is 0 Å². The third kappa shape index (κ3) is 4.20. The van der Waals surface area contributed by atoms with Crippen LogP contribution in [0.1, 0.15) is 68.9 Å². The van der Waals surface area contributed by atoms with Crippen LogP contribution in [0.25, 0.3) is 6.08 Å². The van der Waals surface area contributed by atoms with Crippen LogP contribution >= 0.6 is 0 Å².